The van der Waals surface area contributed by atoms with Crippen molar-refractivity contribution >= 4 is 17.4 Å². The van der Waals surface area contributed by atoms with E-state index in [1.54, 1.807) is 12.1 Å². The number of nitro groups is 1. The number of rotatable bonds is 6. The lowest BCUT2D eigenvalue weighted by molar-refractivity contribution is -0.387. The molecule has 0 aliphatic carbocycles. The third kappa shape index (κ3) is 5.89. The van der Waals surface area contributed by atoms with Crippen LogP contribution in [0.5, 0.6) is 0 Å². The third-order valence-electron chi connectivity index (χ3n) is 2.36. The molecule has 0 heterocycles. The Labute approximate surface area is 118 Å². The van der Waals surface area contributed by atoms with Crippen molar-refractivity contribution in [3.05, 3.63) is 46.5 Å². The van der Waals surface area contributed by atoms with Gasteiger partial charge in [-0.15, -0.1) is 11.8 Å². The van der Waals surface area contributed by atoms with Crippen molar-refractivity contribution in [2.24, 2.45) is 0 Å². The Hall–Kier alpha value is -1.33. The number of para-hydroxylation sites is 1. The normalized spacial score (nSPS) is 11.3. The maximum Gasteiger partial charge on any atom is 0.282 e. The predicted octanol–water partition coefficient (Wildman–Crippen LogP) is 3.63. The van der Waals surface area contributed by atoms with Crippen molar-refractivity contribution in [3.8, 4) is 0 Å². The molecule has 0 saturated heterocycles. The molecule has 0 bridgehead atoms. The second-order valence-corrected chi connectivity index (χ2v) is 6.38. The fourth-order valence-electron chi connectivity index (χ4n) is 1.35. The van der Waals surface area contributed by atoms with Crippen LogP contribution in [-0.2, 0) is 0 Å². The lowest BCUT2D eigenvalue weighted by atomic mass is 10.1. The summed E-state index contributed by atoms with van der Waals surface area (Å²) < 4.78 is 0. The highest BCUT2D eigenvalue weighted by Gasteiger charge is 2.13. The Morgan fingerprint density at radius 1 is 1.42 bits per heavy atom. The van der Waals surface area contributed by atoms with E-state index in [-0.39, 0.29) is 16.1 Å². The molecule has 0 spiro atoms. The summed E-state index contributed by atoms with van der Waals surface area (Å²) in [6, 6.07) is 6.79. The molecule has 0 aromatic heterocycles. The second kappa shape index (κ2) is 6.73. The minimum absolute atomic E-state index is 0.0480. The molecule has 0 radical (unpaired) electrons. The van der Waals surface area contributed by atoms with E-state index in [1.165, 1.54) is 17.8 Å². The lowest BCUT2D eigenvalue weighted by Crippen LogP contribution is -2.37. The molecule has 104 valence electrons. The Morgan fingerprint density at radius 3 is 2.63 bits per heavy atom. The summed E-state index contributed by atoms with van der Waals surface area (Å²) >= 11 is 1.45. The van der Waals surface area contributed by atoms with Gasteiger partial charge in [-0.25, -0.2) is 0 Å². The first kappa shape index (κ1) is 15.7. The van der Waals surface area contributed by atoms with Gasteiger partial charge in [-0.05, 0) is 26.8 Å². The van der Waals surface area contributed by atoms with E-state index in [1.807, 2.05) is 6.07 Å². The van der Waals surface area contributed by atoms with Gasteiger partial charge in [-0.3, -0.25) is 10.1 Å². The monoisotopic (exact) mass is 280 g/mol. The highest BCUT2D eigenvalue weighted by atomic mass is 32.2. The number of hydrogen-bond acceptors (Lipinski definition) is 4. The Balaban J connectivity index is 2.53. The van der Waals surface area contributed by atoms with Crippen LogP contribution < -0.4 is 5.32 Å². The Kier molecular flexibility index (Phi) is 5.57. The van der Waals surface area contributed by atoms with Gasteiger partial charge in [0.1, 0.15) is 0 Å². The minimum atomic E-state index is -0.349. The lowest BCUT2D eigenvalue weighted by Gasteiger charge is -2.21. The van der Waals surface area contributed by atoms with Gasteiger partial charge in [0.15, 0.2) is 0 Å². The molecule has 0 fully saturated rings. The average molecular weight is 280 g/mol. The number of benzene rings is 1. The molecular weight excluding hydrogens is 260 g/mol. The zero-order valence-corrected chi connectivity index (χ0v) is 12.4. The second-order valence-electron chi connectivity index (χ2n) is 5.37. The van der Waals surface area contributed by atoms with Crippen molar-refractivity contribution in [2.75, 3.05) is 12.3 Å². The third-order valence-corrected chi connectivity index (χ3v) is 3.57. The molecule has 0 unspecified atom stereocenters. The molecule has 5 heteroatoms. The molecule has 0 aliphatic heterocycles. The molecule has 1 aromatic rings. The van der Waals surface area contributed by atoms with Crippen LogP contribution in [0.25, 0.3) is 0 Å². The van der Waals surface area contributed by atoms with Crippen LogP contribution in [0.1, 0.15) is 20.8 Å². The topological polar surface area (TPSA) is 55.2 Å². The molecule has 0 amide bonds. The van der Waals surface area contributed by atoms with Crippen LogP contribution in [0.2, 0.25) is 0 Å². The van der Waals surface area contributed by atoms with Crippen molar-refractivity contribution in [1.29, 1.82) is 0 Å². The predicted molar refractivity (Wildman–Crippen MR) is 80.7 cm³/mol. The van der Waals surface area contributed by atoms with Gasteiger partial charge in [0.05, 0.1) is 9.82 Å². The maximum absolute atomic E-state index is 10.9. The first-order valence-corrected chi connectivity index (χ1v) is 7.06. The van der Waals surface area contributed by atoms with E-state index >= 15 is 0 Å². The summed E-state index contributed by atoms with van der Waals surface area (Å²) in [6.45, 7) is 11.0. The molecule has 0 atom stereocenters. The molecule has 1 aromatic carbocycles. The van der Waals surface area contributed by atoms with Crippen LogP contribution >= 0.6 is 11.8 Å². The van der Waals surface area contributed by atoms with Crippen molar-refractivity contribution < 1.29 is 4.92 Å². The highest BCUT2D eigenvalue weighted by molar-refractivity contribution is 7.99. The largest absolute Gasteiger partial charge is 0.308 e. The number of nitrogens with one attached hydrogen (secondary N) is 1. The molecule has 0 saturated carbocycles. The molecule has 1 N–H and O–H groups in total. The van der Waals surface area contributed by atoms with Crippen molar-refractivity contribution in [3.63, 3.8) is 0 Å². The zero-order valence-electron chi connectivity index (χ0n) is 11.6. The van der Waals surface area contributed by atoms with Gasteiger partial charge >= 0.3 is 0 Å². The smallest absolute Gasteiger partial charge is 0.282 e. The summed E-state index contributed by atoms with van der Waals surface area (Å²) in [6.07, 6.45) is 0. The molecule has 1 rings (SSSR count). The highest BCUT2D eigenvalue weighted by Crippen LogP contribution is 2.29. The van der Waals surface area contributed by atoms with Crippen LogP contribution in [-0.4, -0.2) is 22.8 Å². The molecule has 19 heavy (non-hydrogen) atoms. The number of nitrogens with zero attached hydrogens (tertiary/aromatic N) is 1. The van der Waals surface area contributed by atoms with Gasteiger partial charge in [-0.2, -0.15) is 0 Å². The van der Waals surface area contributed by atoms with Gasteiger partial charge in [0.2, 0.25) is 0 Å². The standard InChI is InChI=1S/C14H20N2O2S/c1-11(9-15-14(2,3)4)10-19-13-8-6-5-7-12(13)16(17)18/h5-8,15H,1,9-10H2,2-4H3. The van der Waals surface area contributed by atoms with Gasteiger partial charge in [-0.1, -0.05) is 24.3 Å². The van der Waals surface area contributed by atoms with Gasteiger partial charge in [0.25, 0.3) is 5.69 Å². The summed E-state index contributed by atoms with van der Waals surface area (Å²) in [5.41, 5.74) is 1.23. The fraction of sp³-hybridized carbons (Fsp3) is 0.429. The van der Waals surface area contributed by atoms with Crippen LogP contribution in [0.3, 0.4) is 0 Å². The van der Waals surface area contributed by atoms with Gasteiger partial charge in [0, 0.05) is 23.9 Å². The minimum Gasteiger partial charge on any atom is -0.308 e. The van der Waals surface area contributed by atoms with E-state index in [0.717, 1.165) is 12.1 Å². The molecule has 0 aliphatic rings. The van der Waals surface area contributed by atoms with E-state index in [4.69, 9.17) is 0 Å². The van der Waals surface area contributed by atoms with Crippen LogP contribution in [0.4, 0.5) is 5.69 Å². The Bertz CT molecular complexity index is 467. The summed E-state index contributed by atoms with van der Waals surface area (Å²) in [7, 11) is 0. The summed E-state index contributed by atoms with van der Waals surface area (Å²) in [5.74, 6) is 0.675. The first-order chi connectivity index (χ1) is 8.79. The molecular formula is C14H20N2O2S. The summed E-state index contributed by atoms with van der Waals surface area (Å²) in [4.78, 5) is 11.2. The quantitative estimate of drug-likeness (QED) is 0.374. The zero-order chi connectivity index (χ0) is 14.5. The fourth-order valence-corrected chi connectivity index (χ4v) is 2.28. The van der Waals surface area contributed by atoms with Crippen LogP contribution in [0, 0.1) is 10.1 Å². The van der Waals surface area contributed by atoms with Crippen LogP contribution in [0.15, 0.2) is 41.3 Å². The SMILES string of the molecule is C=C(CNC(C)(C)C)CSc1ccccc1[N+](=O)[O-]. The Morgan fingerprint density at radius 2 is 2.05 bits per heavy atom. The molecule has 4 nitrogen and oxygen atoms in total. The number of nitro benzene ring substituents is 1. The number of thioether (sulfide) groups is 1. The summed E-state index contributed by atoms with van der Waals surface area (Å²) in [5, 5.41) is 14.2. The number of hydrogen-bond donors (Lipinski definition) is 1. The first-order valence-electron chi connectivity index (χ1n) is 6.07. The maximum atomic E-state index is 10.9. The average Bonchev–Trinajstić information content (AvgIpc) is 2.33. The van der Waals surface area contributed by atoms with E-state index in [9.17, 15) is 10.1 Å². The van der Waals surface area contributed by atoms with Crippen molar-refractivity contribution in [2.45, 2.75) is 31.2 Å². The van der Waals surface area contributed by atoms with Gasteiger partial charge < -0.3 is 5.32 Å². The van der Waals surface area contributed by atoms with E-state index < -0.39 is 0 Å². The van der Waals surface area contributed by atoms with E-state index in [2.05, 4.69) is 32.7 Å². The van der Waals surface area contributed by atoms with Crippen molar-refractivity contribution in [1.82, 2.24) is 5.32 Å². The van der Waals surface area contributed by atoms with E-state index in [0.29, 0.717) is 10.6 Å².